The summed E-state index contributed by atoms with van der Waals surface area (Å²) in [6.45, 7) is 2.34. The molecule has 2 N–H and O–H groups in total. The van der Waals surface area contributed by atoms with Crippen LogP contribution < -0.4 is 14.8 Å². The molecule has 9 nitrogen and oxygen atoms in total. The van der Waals surface area contributed by atoms with Gasteiger partial charge in [-0.3, -0.25) is 0 Å². The molecule has 0 aliphatic carbocycles. The molecule has 0 radical (unpaired) electrons. The molecule has 3 aromatic rings. The molecular formula is C24H26N4O5. The van der Waals surface area contributed by atoms with Crippen LogP contribution in [0.3, 0.4) is 0 Å². The van der Waals surface area contributed by atoms with Crippen LogP contribution in [0.2, 0.25) is 0 Å². The monoisotopic (exact) mass is 450 g/mol. The van der Waals surface area contributed by atoms with Crippen molar-refractivity contribution in [2.45, 2.75) is 19.4 Å². The van der Waals surface area contributed by atoms with Gasteiger partial charge in [0.1, 0.15) is 17.5 Å². The molecule has 2 heterocycles. The minimum atomic E-state index is -0.467. The summed E-state index contributed by atoms with van der Waals surface area (Å²) >= 11 is 0. The second-order valence-corrected chi connectivity index (χ2v) is 7.71. The number of aryl methyl sites for hydroxylation is 1. The van der Waals surface area contributed by atoms with Crippen LogP contribution >= 0.6 is 0 Å². The molecule has 2 amide bonds. The minimum absolute atomic E-state index is 0.305. The highest BCUT2D eigenvalue weighted by atomic mass is 16.5. The van der Waals surface area contributed by atoms with Crippen molar-refractivity contribution in [2.75, 3.05) is 33.2 Å². The Morgan fingerprint density at radius 3 is 2.48 bits per heavy atom. The number of esters is 1. The molecule has 1 aliphatic heterocycles. The van der Waals surface area contributed by atoms with Gasteiger partial charge in [-0.05, 0) is 42.3 Å². The lowest BCUT2D eigenvalue weighted by molar-refractivity contribution is 0.0600. The molecule has 0 bridgehead atoms. The topological polar surface area (TPSA) is 106 Å². The molecule has 172 valence electrons. The highest BCUT2D eigenvalue weighted by Crippen LogP contribution is 2.37. The molecule has 1 aliphatic rings. The number of carbonyl (C=O) groups excluding carboxylic acids is 2. The van der Waals surface area contributed by atoms with Crippen LogP contribution in [0.25, 0.3) is 0 Å². The summed E-state index contributed by atoms with van der Waals surface area (Å²) in [7, 11) is 4.49. The van der Waals surface area contributed by atoms with E-state index in [0.717, 1.165) is 22.5 Å². The number of imidazole rings is 1. The van der Waals surface area contributed by atoms with Crippen molar-refractivity contribution in [2.24, 2.45) is 0 Å². The Balaban J connectivity index is 1.71. The molecule has 0 saturated heterocycles. The van der Waals surface area contributed by atoms with Crippen LogP contribution in [0.5, 0.6) is 11.5 Å². The average molecular weight is 450 g/mol. The van der Waals surface area contributed by atoms with Gasteiger partial charge in [-0.15, -0.1) is 0 Å². The predicted octanol–water partition coefficient (Wildman–Crippen LogP) is 3.70. The number of rotatable bonds is 5. The molecule has 1 atom stereocenters. The first kappa shape index (κ1) is 22.2. The number of nitrogens with zero attached hydrogens (tertiary/aromatic N) is 2. The van der Waals surface area contributed by atoms with E-state index in [2.05, 4.69) is 15.3 Å². The number of carbonyl (C=O) groups is 2. The number of hydrogen-bond donors (Lipinski definition) is 2. The van der Waals surface area contributed by atoms with Gasteiger partial charge in [-0.1, -0.05) is 6.07 Å². The molecule has 1 aromatic heterocycles. The lowest BCUT2D eigenvalue weighted by atomic mass is 9.95. The van der Waals surface area contributed by atoms with Gasteiger partial charge in [0.2, 0.25) is 0 Å². The zero-order chi connectivity index (χ0) is 23.5. The lowest BCUT2D eigenvalue weighted by Gasteiger charge is -2.35. The maximum atomic E-state index is 13.5. The number of benzene rings is 2. The van der Waals surface area contributed by atoms with Crippen LogP contribution in [-0.4, -0.2) is 54.7 Å². The van der Waals surface area contributed by atoms with E-state index >= 15 is 0 Å². The first-order chi connectivity index (χ1) is 15.9. The molecule has 2 aromatic carbocycles. The van der Waals surface area contributed by atoms with Gasteiger partial charge in [0, 0.05) is 30.4 Å². The number of ether oxygens (including phenoxy) is 3. The van der Waals surface area contributed by atoms with Gasteiger partial charge in [0.25, 0.3) is 0 Å². The van der Waals surface area contributed by atoms with Crippen molar-refractivity contribution >= 4 is 17.7 Å². The molecular weight excluding hydrogens is 424 g/mol. The van der Waals surface area contributed by atoms with Crippen LogP contribution in [0.4, 0.5) is 10.5 Å². The Morgan fingerprint density at radius 1 is 1.09 bits per heavy atom. The van der Waals surface area contributed by atoms with Gasteiger partial charge in [-0.2, -0.15) is 0 Å². The second-order valence-electron chi connectivity index (χ2n) is 7.71. The van der Waals surface area contributed by atoms with Crippen LogP contribution in [0.1, 0.15) is 38.9 Å². The van der Waals surface area contributed by atoms with E-state index in [1.165, 1.54) is 7.11 Å². The summed E-state index contributed by atoms with van der Waals surface area (Å²) < 4.78 is 15.7. The van der Waals surface area contributed by atoms with E-state index in [1.807, 2.05) is 19.1 Å². The summed E-state index contributed by atoms with van der Waals surface area (Å²) in [4.78, 5) is 34.9. The number of fused-ring (bicyclic) bond motifs is 1. The number of hydrogen-bond acceptors (Lipinski definition) is 6. The standard InChI is InChI=1S/C24H26N4O5/c1-14-5-6-15(23(29)33-4)11-20(14)27-24(30)28-8-7-19-21(26-13-25-19)22(28)16-9-17(31-2)12-18(10-16)32-3/h5-6,9-13,22H,7-8H2,1-4H3,(H,25,26)(H,27,30). The van der Waals surface area contributed by atoms with Gasteiger partial charge in [-0.25, -0.2) is 14.6 Å². The number of H-pyrrole nitrogens is 1. The normalized spacial score (nSPS) is 14.9. The first-order valence-corrected chi connectivity index (χ1v) is 10.5. The van der Waals surface area contributed by atoms with Crippen molar-refractivity contribution in [3.05, 3.63) is 70.8 Å². The van der Waals surface area contributed by atoms with Gasteiger partial charge < -0.3 is 29.4 Å². The summed E-state index contributed by atoms with van der Waals surface area (Å²) in [5.41, 5.74) is 4.29. The summed E-state index contributed by atoms with van der Waals surface area (Å²) in [6, 6.07) is 9.83. The molecule has 4 rings (SSSR count). The largest absolute Gasteiger partial charge is 0.497 e. The number of amides is 2. The number of urea groups is 1. The number of nitrogens with one attached hydrogen (secondary N) is 2. The first-order valence-electron chi connectivity index (χ1n) is 10.5. The van der Waals surface area contributed by atoms with E-state index in [-0.39, 0.29) is 6.03 Å². The van der Waals surface area contributed by atoms with E-state index < -0.39 is 12.0 Å². The number of aromatic nitrogens is 2. The Morgan fingerprint density at radius 2 is 1.82 bits per heavy atom. The smallest absolute Gasteiger partial charge is 0.337 e. The van der Waals surface area contributed by atoms with Crippen molar-refractivity contribution in [3.63, 3.8) is 0 Å². The third kappa shape index (κ3) is 4.34. The molecule has 1 unspecified atom stereocenters. The average Bonchev–Trinajstić information content (AvgIpc) is 3.32. The van der Waals surface area contributed by atoms with Crippen LogP contribution in [-0.2, 0) is 11.2 Å². The SMILES string of the molecule is COC(=O)c1ccc(C)c(NC(=O)N2CCc3[nH]cnc3C2c2cc(OC)cc(OC)c2)c1. The Kier molecular flexibility index (Phi) is 6.21. The van der Waals surface area contributed by atoms with Gasteiger partial charge >= 0.3 is 12.0 Å². The minimum Gasteiger partial charge on any atom is -0.497 e. The van der Waals surface area contributed by atoms with Crippen molar-refractivity contribution in [1.82, 2.24) is 14.9 Å². The highest BCUT2D eigenvalue weighted by molar-refractivity contribution is 5.95. The third-order valence-electron chi connectivity index (χ3n) is 5.78. The molecule has 0 spiro atoms. The van der Waals surface area contributed by atoms with Crippen molar-refractivity contribution in [1.29, 1.82) is 0 Å². The highest BCUT2D eigenvalue weighted by Gasteiger charge is 2.35. The van der Waals surface area contributed by atoms with Gasteiger partial charge in [0.05, 0.1) is 38.9 Å². The maximum absolute atomic E-state index is 13.5. The van der Waals surface area contributed by atoms with E-state index in [1.54, 1.807) is 49.7 Å². The third-order valence-corrected chi connectivity index (χ3v) is 5.78. The zero-order valence-electron chi connectivity index (χ0n) is 19.0. The Hall–Kier alpha value is -4.01. The van der Waals surface area contributed by atoms with E-state index in [0.29, 0.717) is 35.7 Å². The fourth-order valence-electron chi connectivity index (χ4n) is 4.01. The maximum Gasteiger partial charge on any atom is 0.337 e. The summed E-state index contributed by atoms with van der Waals surface area (Å²) in [5, 5.41) is 2.96. The van der Waals surface area contributed by atoms with E-state index in [9.17, 15) is 9.59 Å². The number of methoxy groups -OCH3 is 3. The summed E-state index contributed by atoms with van der Waals surface area (Å²) in [5.74, 6) is 0.772. The van der Waals surface area contributed by atoms with Crippen LogP contribution in [0.15, 0.2) is 42.7 Å². The number of aromatic amines is 1. The molecule has 33 heavy (non-hydrogen) atoms. The van der Waals surface area contributed by atoms with Gasteiger partial charge in [0.15, 0.2) is 0 Å². The molecule has 0 saturated carbocycles. The second kappa shape index (κ2) is 9.23. The summed E-state index contributed by atoms with van der Waals surface area (Å²) in [6.07, 6.45) is 2.28. The fraction of sp³-hybridized carbons (Fsp3) is 0.292. The Labute approximate surface area is 191 Å². The fourth-order valence-corrected chi connectivity index (χ4v) is 4.01. The van der Waals surface area contributed by atoms with E-state index in [4.69, 9.17) is 14.2 Å². The number of anilines is 1. The van der Waals surface area contributed by atoms with Crippen molar-refractivity contribution < 1.29 is 23.8 Å². The molecule has 0 fully saturated rings. The van der Waals surface area contributed by atoms with Crippen LogP contribution in [0, 0.1) is 6.92 Å². The quantitative estimate of drug-likeness (QED) is 0.574. The lowest BCUT2D eigenvalue weighted by Crippen LogP contribution is -2.43. The predicted molar refractivity (Wildman–Crippen MR) is 122 cm³/mol. The van der Waals surface area contributed by atoms with Crippen molar-refractivity contribution in [3.8, 4) is 11.5 Å². The zero-order valence-corrected chi connectivity index (χ0v) is 19.0. The molecule has 9 heteroatoms. The Bertz CT molecular complexity index is 1170.